The molecule has 4 aromatic carbocycles. The van der Waals surface area contributed by atoms with Crippen LogP contribution in [0, 0.1) is 0 Å². The number of hydrogen-bond acceptors (Lipinski definition) is 5. The lowest BCUT2D eigenvalue weighted by Crippen LogP contribution is -2.24. The van der Waals surface area contributed by atoms with Crippen LogP contribution in [0.25, 0.3) is 0 Å². The van der Waals surface area contributed by atoms with Crippen LogP contribution < -0.4 is 9.47 Å². The Hall–Kier alpha value is -4.13. The van der Waals surface area contributed by atoms with E-state index in [1.54, 1.807) is 0 Å². The SMILES string of the molecule is CO[C@@H](Cc1ccc(OCCCOc2ccc(C(O)c3ccccc3)cc2)c(CCc2ccccc2)c1)C(=O)O. The number of methoxy groups -OCH3 is 1. The number of hydrogen-bond donors (Lipinski definition) is 2. The van der Waals surface area contributed by atoms with Gasteiger partial charge in [0, 0.05) is 20.0 Å². The summed E-state index contributed by atoms with van der Waals surface area (Å²) < 4.78 is 17.1. The predicted octanol–water partition coefficient (Wildman–Crippen LogP) is 6.04. The van der Waals surface area contributed by atoms with Crippen LogP contribution in [0.3, 0.4) is 0 Å². The fourth-order valence-corrected chi connectivity index (χ4v) is 4.51. The normalized spacial score (nSPS) is 12.4. The lowest BCUT2D eigenvalue weighted by Gasteiger charge is -2.16. The van der Waals surface area contributed by atoms with Crippen molar-refractivity contribution in [1.29, 1.82) is 0 Å². The summed E-state index contributed by atoms with van der Waals surface area (Å²) in [7, 11) is 1.41. The number of aliphatic carboxylic acids is 1. The number of aliphatic hydroxyl groups excluding tert-OH is 1. The number of rotatable bonds is 15. The van der Waals surface area contributed by atoms with Crippen molar-refractivity contribution in [2.24, 2.45) is 0 Å². The Bertz CT molecular complexity index is 1320. The highest BCUT2D eigenvalue weighted by Crippen LogP contribution is 2.25. The average molecular weight is 541 g/mol. The van der Waals surface area contributed by atoms with Gasteiger partial charge in [-0.2, -0.15) is 0 Å². The zero-order valence-corrected chi connectivity index (χ0v) is 22.7. The quantitative estimate of drug-likeness (QED) is 0.179. The van der Waals surface area contributed by atoms with Crippen molar-refractivity contribution in [2.75, 3.05) is 20.3 Å². The second-order valence-electron chi connectivity index (χ2n) is 9.63. The molecule has 4 rings (SSSR count). The second-order valence-corrected chi connectivity index (χ2v) is 9.63. The van der Waals surface area contributed by atoms with Gasteiger partial charge in [0.15, 0.2) is 6.10 Å². The van der Waals surface area contributed by atoms with E-state index in [-0.39, 0.29) is 0 Å². The molecular weight excluding hydrogens is 504 g/mol. The molecule has 0 saturated carbocycles. The minimum atomic E-state index is -0.976. The van der Waals surface area contributed by atoms with Crippen LogP contribution in [0.5, 0.6) is 11.5 Å². The summed E-state index contributed by atoms with van der Waals surface area (Å²) in [6.07, 6.45) is 1.05. The molecule has 208 valence electrons. The van der Waals surface area contributed by atoms with Crippen molar-refractivity contribution in [3.8, 4) is 11.5 Å². The maximum atomic E-state index is 11.4. The van der Waals surface area contributed by atoms with Crippen LogP contribution in [0.1, 0.15) is 40.3 Å². The Morgan fingerprint density at radius 2 is 1.40 bits per heavy atom. The van der Waals surface area contributed by atoms with Crippen LogP contribution in [-0.4, -0.2) is 42.6 Å². The number of aliphatic hydroxyl groups is 1. The molecule has 0 aliphatic carbocycles. The van der Waals surface area contributed by atoms with Crippen LogP contribution >= 0.6 is 0 Å². The number of carboxylic acid groups (broad SMARTS) is 1. The zero-order valence-electron chi connectivity index (χ0n) is 22.7. The zero-order chi connectivity index (χ0) is 28.2. The molecule has 40 heavy (non-hydrogen) atoms. The number of ether oxygens (including phenoxy) is 3. The van der Waals surface area contributed by atoms with Gasteiger partial charge in [-0.05, 0) is 58.9 Å². The van der Waals surface area contributed by atoms with E-state index in [9.17, 15) is 15.0 Å². The second kappa shape index (κ2) is 14.9. The molecule has 2 atom stereocenters. The van der Waals surface area contributed by atoms with E-state index in [4.69, 9.17) is 14.2 Å². The molecule has 0 radical (unpaired) electrons. The number of carboxylic acids is 1. The fraction of sp³-hybridized carbons (Fsp3) is 0.265. The molecule has 0 bridgehead atoms. The molecule has 0 aliphatic rings. The lowest BCUT2D eigenvalue weighted by molar-refractivity contribution is -0.148. The third kappa shape index (κ3) is 8.43. The van der Waals surface area contributed by atoms with Crippen molar-refractivity contribution in [3.05, 3.63) is 131 Å². The van der Waals surface area contributed by atoms with Crippen molar-refractivity contribution >= 4 is 5.97 Å². The third-order valence-corrected chi connectivity index (χ3v) is 6.76. The maximum absolute atomic E-state index is 11.4. The molecule has 0 saturated heterocycles. The Morgan fingerprint density at radius 3 is 2.08 bits per heavy atom. The minimum absolute atomic E-state index is 0.291. The first-order valence-corrected chi connectivity index (χ1v) is 13.5. The van der Waals surface area contributed by atoms with Gasteiger partial charge in [-0.1, -0.05) is 84.9 Å². The molecular formula is C34H36O6. The van der Waals surface area contributed by atoms with Gasteiger partial charge in [0.2, 0.25) is 0 Å². The highest BCUT2D eigenvalue weighted by Gasteiger charge is 2.18. The van der Waals surface area contributed by atoms with Gasteiger partial charge in [0.25, 0.3) is 0 Å². The summed E-state index contributed by atoms with van der Waals surface area (Å²) in [6.45, 7) is 0.977. The van der Waals surface area contributed by atoms with Crippen molar-refractivity contribution in [1.82, 2.24) is 0 Å². The molecule has 0 spiro atoms. The highest BCUT2D eigenvalue weighted by atomic mass is 16.5. The summed E-state index contributed by atoms with van der Waals surface area (Å²) in [5, 5.41) is 19.9. The lowest BCUT2D eigenvalue weighted by atomic mass is 9.99. The van der Waals surface area contributed by atoms with Gasteiger partial charge >= 0.3 is 5.97 Å². The summed E-state index contributed by atoms with van der Waals surface area (Å²) >= 11 is 0. The Balaban J connectivity index is 1.31. The molecule has 1 unspecified atom stereocenters. The molecule has 0 aromatic heterocycles. The van der Waals surface area contributed by atoms with Crippen LogP contribution in [-0.2, 0) is 28.8 Å². The smallest absolute Gasteiger partial charge is 0.333 e. The van der Waals surface area contributed by atoms with E-state index in [1.165, 1.54) is 12.7 Å². The van der Waals surface area contributed by atoms with Gasteiger partial charge in [-0.25, -0.2) is 4.79 Å². The van der Waals surface area contributed by atoms with Crippen LogP contribution in [0.4, 0.5) is 0 Å². The topological polar surface area (TPSA) is 85.2 Å². The summed E-state index contributed by atoms with van der Waals surface area (Å²) in [5.41, 5.74) is 4.83. The monoisotopic (exact) mass is 540 g/mol. The van der Waals surface area contributed by atoms with E-state index < -0.39 is 18.2 Å². The molecule has 4 aromatic rings. The number of carbonyl (C=O) groups is 1. The Labute approximate surface area is 235 Å². The number of benzene rings is 4. The van der Waals surface area contributed by atoms with E-state index in [0.717, 1.165) is 46.6 Å². The molecule has 0 aliphatic heterocycles. The summed E-state index contributed by atoms with van der Waals surface area (Å²) in [5.74, 6) is 0.557. The molecule has 6 heteroatoms. The first-order chi connectivity index (χ1) is 19.5. The standard InChI is InChI=1S/C34H36O6/c1-38-32(34(36)37)24-26-14-20-31(29(23-26)15-13-25-9-4-2-5-10-25)40-22-8-21-39-30-18-16-28(17-19-30)33(35)27-11-6-3-7-12-27/h2-7,9-12,14,16-20,23,32-33,35H,8,13,15,21-22,24H2,1H3,(H,36,37)/t32-,33?/m0/s1. The molecule has 0 fully saturated rings. The van der Waals surface area contributed by atoms with Gasteiger partial charge in [-0.3, -0.25) is 0 Å². The summed E-state index contributed by atoms with van der Waals surface area (Å²) in [4.78, 5) is 11.4. The minimum Gasteiger partial charge on any atom is -0.493 e. The van der Waals surface area contributed by atoms with E-state index >= 15 is 0 Å². The average Bonchev–Trinajstić information content (AvgIpc) is 3.00. The summed E-state index contributed by atoms with van der Waals surface area (Å²) in [6, 6.07) is 33.1. The van der Waals surface area contributed by atoms with E-state index in [1.807, 2.05) is 91.0 Å². The maximum Gasteiger partial charge on any atom is 0.333 e. The predicted molar refractivity (Wildman–Crippen MR) is 155 cm³/mol. The largest absolute Gasteiger partial charge is 0.493 e. The van der Waals surface area contributed by atoms with E-state index in [2.05, 4.69) is 12.1 Å². The number of aryl methyl sites for hydroxylation is 2. The molecule has 0 amide bonds. The molecule has 0 heterocycles. The van der Waals surface area contributed by atoms with Crippen molar-refractivity contribution in [2.45, 2.75) is 37.9 Å². The van der Waals surface area contributed by atoms with Gasteiger partial charge in [0.05, 0.1) is 13.2 Å². The molecule has 2 N–H and O–H groups in total. The Morgan fingerprint density at radius 1 is 0.750 bits per heavy atom. The van der Waals surface area contributed by atoms with Gasteiger partial charge in [0.1, 0.15) is 17.6 Å². The van der Waals surface area contributed by atoms with E-state index in [0.29, 0.717) is 26.1 Å². The molecule has 6 nitrogen and oxygen atoms in total. The van der Waals surface area contributed by atoms with Gasteiger partial charge < -0.3 is 24.4 Å². The van der Waals surface area contributed by atoms with Gasteiger partial charge in [-0.15, -0.1) is 0 Å². The van der Waals surface area contributed by atoms with Crippen molar-refractivity contribution < 1.29 is 29.2 Å². The third-order valence-electron chi connectivity index (χ3n) is 6.76. The highest BCUT2D eigenvalue weighted by molar-refractivity contribution is 5.72. The van der Waals surface area contributed by atoms with Crippen molar-refractivity contribution in [3.63, 3.8) is 0 Å². The Kier molecular flexibility index (Phi) is 10.7. The van der Waals surface area contributed by atoms with Crippen LogP contribution in [0.15, 0.2) is 103 Å². The first kappa shape index (κ1) is 28.9. The first-order valence-electron chi connectivity index (χ1n) is 13.5. The van der Waals surface area contributed by atoms with Crippen LogP contribution in [0.2, 0.25) is 0 Å². The fourth-order valence-electron chi connectivity index (χ4n) is 4.51.